The number of hydrogen-bond donors (Lipinski definition) is 1. The first-order valence-electron chi connectivity index (χ1n) is 5.86. The number of fused-ring (bicyclic) bond motifs is 1. The van der Waals surface area contributed by atoms with Crippen molar-refractivity contribution < 1.29 is 13.2 Å². The molecule has 3 heterocycles. The van der Waals surface area contributed by atoms with Crippen LogP contribution in [0.1, 0.15) is 23.9 Å². The summed E-state index contributed by atoms with van der Waals surface area (Å²) in [7, 11) is 0. The molecule has 2 aromatic rings. The lowest BCUT2D eigenvalue weighted by atomic mass is 10.1. The normalized spacial score (nSPS) is 18.8. The third kappa shape index (κ3) is 2.27. The molecular weight excluding hydrogens is 257 g/mol. The van der Waals surface area contributed by atoms with Gasteiger partial charge in [-0.2, -0.15) is 13.2 Å². The SMILES string of the molecule is FC(F)(F)c1cn2c(n1)NC(c1ccccn1)CC2. The van der Waals surface area contributed by atoms with Gasteiger partial charge >= 0.3 is 6.18 Å². The lowest BCUT2D eigenvalue weighted by Crippen LogP contribution is -2.22. The fourth-order valence-corrected chi connectivity index (χ4v) is 2.14. The van der Waals surface area contributed by atoms with E-state index >= 15 is 0 Å². The summed E-state index contributed by atoms with van der Waals surface area (Å²) in [5, 5.41) is 3.00. The molecule has 19 heavy (non-hydrogen) atoms. The highest BCUT2D eigenvalue weighted by atomic mass is 19.4. The molecule has 1 N–H and O–H groups in total. The average Bonchev–Trinajstić information content (AvgIpc) is 2.82. The highest BCUT2D eigenvalue weighted by Crippen LogP contribution is 2.33. The summed E-state index contributed by atoms with van der Waals surface area (Å²) < 4.78 is 39.2. The zero-order valence-electron chi connectivity index (χ0n) is 9.85. The molecule has 3 rings (SSSR count). The molecule has 2 aromatic heterocycles. The van der Waals surface area contributed by atoms with E-state index < -0.39 is 11.9 Å². The number of aryl methyl sites for hydroxylation is 1. The molecule has 0 amide bonds. The second-order valence-corrected chi connectivity index (χ2v) is 4.38. The lowest BCUT2D eigenvalue weighted by Gasteiger charge is -2.24. The van der Waals surface area contributed by atoms with Crippen molar-refractivity contribution >= 4 is 5.95 Å². The van der Waals surface area contributed by atoms with Crippen LogP contribution in [0.25, 0.3) is 0 Å². The van der Waals surface area contributed by atoms with Gasteiger partial charge < -0.3 is 9.88 Å². The van der Waals surface area contributed by atoms with Crippen LogP contribution in [-0.4, -0.2) is 14.5 Å². The number of nitrogens with one attached hydrogen (secondary N) is 1. The number of hydrogen-bond acceptors (Lipinski definition) is 3. The van der Waals surface area contributed by atoms with Crippen LogP contribution in [-0.2, 0) is 12.7 Å². The van der Waals surface area contributed by atoms with E-state index in [4.69, 9.17) is 0 Å². The summed E-state index contributed by atoms with van der Waals surface area (Å²) in [5.74, 6) is 0.245. The van der Waals surface area contributed by atoms with Crippen LogP contribution < -0.4 is 5.32 Å². The van der Waals surface area contributed by atoms with Gasteiger partial charge in [-0.25, -0.2) is 4.98 Å². The molecule has 0 radical (unpaired) electrons. The van der Waals surface area contributed by atoms with Gasteiger partial charge in [-0.1, -0.05) is 6.07 Å². The summed E-state index contributed by atoms with van der Waals surface area (Å²) in [4.78, 5) is 7.81. The Labute approximate surface area is 107 Å². The summed E-state index contributed by atoms with van der Waals surface area (Å²) in [5.41, 5.74) is -0.0537. The fraction of sp³-hybridized carbons (Fsp3) is 0.333. The Hall–Kier alpha value is -2.05. The van der Waals surface area contributed by atoms with Crippen LogP contribution >= 0.6 is 0 Å². The Morgan fingerprint density at radius 2 is 2.16 bits per heavy atom. The molecule has 7 heteroatoms. The van der Waals surface area contributed by atoms with Gasteiger partial charge in [-0.3, -0.25) is 4.98 Å². The summed E-state index contributed by atoms with van der Waals surface area (Å²) >= 11 is 0. The van der Waals surface area contributed by atoms with E-state index in [1.165, 1.54) is 4.57 Å². The van der Waals surface area contributed by atoms with E-state index in [1.54, 1.807) is 12.3 Å². The molecule has 1 aliphatic heterocycles. The van der Waals surface area contributed by atoms with Gasteiger partial charge in [0.2, 0.25) is 5.95 Å². The largest absolute Gasteiger partial charge is 0.434 e. The van der Waals surface area contributed by atoms with Crippen molar-refractivity contribution in [1.29, 1.82) is 0 Å². The summed E-state index contributed by atoms with van der Waals surface area (Å²) in [6.07, 6.45) is -1.03. The summed E-state index contributed by atoms with van der Waals surface area (Å²) in [6.45, 7) is 0.493. The Kier molecular flexibility index (Phi) is 2.69. The van der Waals surface area contributed by atoms with Gasteiger partial charge in [-0.15, -0.1) is 0 Å². The van der Waals surface area contributed by atoms with E-state index in [0.29, 0.717) is 13.0 Å². The number of rotatable bonds is 1. The van der Waals surface area contributed by atoms with Crippen LogP contribution in [0.2, 0.25) is 0 Å². The second-order valence-electron chi connectivity index (χ2n) is 4.38. The maximum Gasteiger partial charge on any atom is 0.434 e. The number of aromatic nitrogens is 3. The van der Waals surface area contributed by atoms with Crippen molar-refractivity contribution in [3.05, 3.63) is 42.0 Å². The van der Waals surface area contributed by atoms with E-state index in [2.05, 4.69) is 15.3 Å². The van der Waals surface area contributed by atoms with Crippen LogP contribution in [0.5, 0.6) is 0 Å². The molecular formula is C12H11F3N4. The zero-order valence-corrected chi connectivity index (χ0v) is 9.85. The van der Waals surface area contributed by atoms with Gasteiger partial charge in [-0.05, 0) is 18.6 Å². The molecule has 0 saturated carbocycles. The maximum atomic E-state index is 12.6. The number of halogens is 3. The molecule has 0 aromatic carbocycles. The minimum Gasteiger partial charge on any atom is -0.347 e. The molecule has 4 nitrogen and oxygen atoms in total. The van der Waals surface area contributed by atoms with Crippen LogP contribution in [0.4, 0.5) is 19.1 Å². The van der Waals surface area contributed by atoms with Crippen LogP contribution in [0, 0.1) is 0 Å². The quantitative estimate of drug-likeness (QED) is 0.864. The van der Waals surface area contributed by atoms with E-state index in [0.717, 1.165) is 11.9 Å². The predicted octanol–water partition coefficient (Wildman–Crippen LogP) is 2.85. The lowest BCUT2D eigenvalue weighted by molar-refractivity contribution is -0.140. The van der Waals surface area contributed by atoms with Gasteiger partial charge in [0, 0.05) is 18.9 Å². The zero-order chi connectivity index (χ0) is 13.5. The fourth-order valence-electron chi connectivity index (χ4n) is 2.14. The molecule has 0 fully saturated rings. The number of nitrogens with zero attached hydrogens (tertiary/aromatic N) is 3. The molecule has 0 saturated heterocycles. The molecule has 1 atom stereocenters. The molecule has 0 bridgehead atoms. The smallest absolute Gasteiger partial charge is 0.347 e. The number of imidazole rings is 1. The maximum absolute atomic E-state index is 12.6. The topological polar surface area (TPSA) is 42.7 Å². The second kappa shape index (κ2) is 4.25. The highest BCUT2D eigenvalue weighted by molar-refractivity contribution is 5.35. The molecule has 100 valence electrons. The third-order valence-corrected chi connectivity index (χ3v) is 3.07. The average molecular weight is 268 g/mol. The Bertz CT molecular complexity index is 576. The standard InChI is InChI=1S/C12H11F3N4/c13-12(14,15)10-7-19-6-4-9(17-11(19)18-10)8-3-1-2-5-16-8/h1-3,5,7,9H,4,6H2,(H,17,18). The first-order chi connectivity index (χ1) is 9.04. The number of anilines is 1. The van der Waals surface area contributed by atoms with Gasteiger partial charge in [0.25, 0.3) is 0 Å². The van der Waals surface area contributed by atoms with Crippen molar-refractivity contribution in [3.8, 4) is 0 Å². The number of alkyl halides is 3. The first-order valence-corrected chi connectivity index (χ1v) is 5.86. The minimum absolute atomic E-state index is 0.0998. The molecule has 1 aliphatic rings. The molecule has 0 spiro atoms. The minimum atomic E-state index is -4.41. The van der Waals surface area contributed by atoms with Crippen molar-refractivity contribution in [3.63, 3.8) is 0 Å². The van der Waals surface area contributed by atoms with Gasteiger partial charge in [0.1, 0.15) is 0 Å². The van der Waals surface area contributed by atoms with Crippen LogP contribution in [0.15, 0.2) is 30.6 Å². The van der Waals surface area contributed by atoms with Crippen LogP contribution in [0.3, 0.4) is 0 Å². The van der Waals surface area contributed by atoms with E-state index in [9.17, 15) is 13.2 Å². The Balaban J connectivity index is 1.86. The third-order valence-electron chi connectivity index (χ3n) is 3.07. The predicted molar refractivity (Wildman–Crippen MR) is 62.4 cm³/mol. The molecule has 0 aliphatic carbocycles. The monoisotopic (exact) mass is 268 g/mol. The number of pyridine rings is 1. The Morgan fingerprint density at radius 1 is 1.32 bits per heavy atom. The van der Waals surface area contributed by atoms with Gasteiger partial charge in [0.05, 0.1) is 11.7 Å². The van der Waals surface area contributed by atoms with Crippen molar-refractivity contribution in [2.45, 2.75) is 25.2 Å². The first kappa shape index (κ1) is 12.0. The van der Waals surface area contributed by atoms with Crippen molar-refractivity contribution in [1.82, 2.24) is 14.5 Å². The molecule has 1 unspecified atom stereocenters. The Morgan fingerprint density at radius 3 is 2.84 bits per heavy atom. The van der Waals surface area contributed by atoms with Gasteiger partial charge in [0.15, 0.2) is 5.69 Å². The summed E-state index contributed by atoms with van der Waals surface area (Å²) in [6, 6.07) is 5.40. The van der Waals surface area contributed by atoms with Crippen molar-refractivity contribution in [2.75, 3.05) is 5.32 Å². The van der Waals surface area contributed by atoms with Crippen molar-refractivity contribution in [2.24, 2.45) is 0 Å². The van der Waals surface area contributed by atoms with E-state index in [-0.39, 0.29) is 12.0 Å². The van der Waals surface area contributed by atoms with E-state index in [1.807, 2.05) is 12.1 Å². The highest BCUT2D eigenvalue weighted by Gasteiger charge is 2.36.